The predicted molar refractivity (Wildman–Crippen MR) is 112 cm³/mol. The number of hydrogen-bond acceptors (Lipinski definition) is 4. The first-order valence-corrected chi connectivity index (χ1v) is 9.73. The number of H-pyrrole nitrogens is 1. The molecule has 3 aromatic rings. The molecule has 1 aromatic carbocycles. The third-order valence-electron chi connectivity index (χ3n) is 5.42. The van der Waals surface area contributed by atoms with Crippen molar-refractivity contribution in [1.29, 1.82) is 0 Å². The van der Waals surface area contributed by atoms with Gasteiger partial charge < -0.3 is 10.3 Å². The van der Waals surface area contributed by atoms with Crippen LogP contribution < -0.4 is 5.32 Å². The van der Waals surface area contributed by atoms with Crippen LogP contribution in [0.1, 0.15) is 30.9 Å². The smallest absolute Gasteiger partial charge is 0.152 e. The molecule has 1 fully saturated rings. The zero-order chi connectivity index (χ0) is 18.8. The lowest BCUT2D eigenvalue weighted by atomic mass is 10.0. The van der Waals surface area contributed by atoms with Crippen LogP contribution in [-0.4, -0.2) is 39.7 Å². The minimum Gasteiger partial charge on any atom is -0.361 e. The Bertz CT molecular complexity index is 986. The first kappa shape index (κ1) is 17.7. The van der Waals surface area contributed by atoms with Crippen molar-refractivity contribution in [3.05, 3.63) is 53.4 Å². The van der Waals surface area contributed by atoms with Crippen LogP contribution in [0.25, 0.3) is 22.2 Å². The van der Waals surface area contributed by atoms with E-state index in [9.17, 15) is 0 Å². The average molecular weight is 361 g/mol. The van der Waals surface area contributed by atoms with Crippen molar-refractivity contribution in [2.45, 2.75) is 33.6 Å². The number of aromatic nitrogens is 3. The first-order chi connectivity index (χ1) is 13.1. The van der Waals surface area contributed by atoms with Crippen molar-refractivity contribution < 1.29 is 0 Å². The normalized spacial score (nSPS) is 16.9. The van der Waals surface area contributed by atoms with E-state index >= 15 is 0 Å². The summed E-state index contributed by atoms with van der Waals surface area (Å²) in [5.74, 6) is 0.800. The second-order valence-corrected chi connectivity index (χ2v) is 7.41. The van der Waals surface area contributed by atoms with Crippen LogP contribution in [0, 0.1) is 13.8 Å². The van der Waals surface area contributed by atoms with Crippen molar-refractivity contribution >= 4 is 16.7 Å². The summed E-state index contributed by atoms with van der Waals surface area (Å²) in [5, 5.41) is 13.5. The van der Waals surface area contributed by atoms with E-state index < -0.39 is 0 Å². The molecule has 3 heterocycles. The minimum atomic E-state index is 0.800. The summed E-state index contributed by atoms with van der Waals surface area (Å²) in [6.07, 6.45) is 6.53. The van der Waals surface area contributed by atoms with Gasteiger partial charge >= 0.3 is 0 Å². The van der Waals surface area contributed by atoms with E-state index in [2.05, 4.69) is 76.6 Å². The Kier molecular flexibility index (Phi) is 4.94. The molecular formula is C22H27N5. The van der Waals surface area contributed by atoms with E-state index in [1.165, 1.54) is 29.5 Å². The minimum absolute atomic E-state index is 0.800. The van der Waals surface area contributed by atoms with Gasteiger partial charge in [0.15, 0.2) is 5.82 Å². The van der Waals surface area contributed by atoms with Crippen LogP contribution in [-0.2, 0) is 0 Å². The maximum atomic E-state index is 4.49. The molecule has 5 nitrogen and oxygen atoms in total. The maximum absolute atomic E-state index is 4.49. The molecule has 0 bridgehead atoms. The molecule has 0 saturated carbocycles. The van der Waals surface area contributed by atoms with Gasteiger partial charge in [0.05, 0.1) is 5.69 Å². The number of nitrogens with zero attached hydrogens (tertiary/aromatic N) is 3. The number of aromatic amines is 1. The quantitative estimate of drug-likeness (QED) is 0.710. The third-order valence-corrected chi connectivity index (χ3v) is 5.42. The fraction of sp³-hybridized carbons (Fsp3) is 0.364. The summed E-state index contributed by atoms with van der Waals surface area (Å²) in [6.45, 7) is 9.78. The van der Waals surface area contributed by atoms with Crippen LogP contribution in [0.15, 0.2) is 42.2 Å². The summed E-state index contributed by atoms with van der Waals surface area (Å²) in [6, 6.07) is 8.49. The number of nitrogens with one attached hydrogen (secondary N) is 2. The zero-order valence-corrected chi connectivity index (χ0v) is 16.3. The summed E-state index contributed by atoms with van der Waals surface area (Å²) < 4.78 is 0. The van der Waals surface area contributed by atoms with Crippen molar-refractivity contribution in [1.82, 2.24) is 20.1 Å². The van der Waals surface area contributed by atoms with Crippen LogP contribution in [0.3, 0.4) is 0 Å². The number of benzene rings is 1. The van der Waals surface area contributed by atoms with Gasteiger partial charge in [0.2, 0.25) is 0 Å². The molecule has 0 spiro atoms. The van der Waals surface area contributed by atoms with E-state index in [-0.39, 0.29) is 0 Å². The number of hydrogen-bond donors (Lipinski definition) is 2. The van der Waals surface area contributed by atoms with Crippen LogP contribution in [0.2, 0.25) is 0 Å². The molecule has 140 valence electrons. The van der Waals surface area contributed by atoms with Gasteiger partial charge in [0.1, 0.15) is 0 Å². The summed E-state index contributed by atoms with van der Waals surface area (Å²) >= 11 is 0. The highest BCUT2D eigenvalue weighted by Gasteiger charge is 2.12. The lowest BCUT2D eigenvalue weighted by Crippen LogP contribution is -2.31. The highest BCUT2D eigenvalue weighted by Crippen LogP contribution is 2.27. The second-order valence-electron chi connectivity index (χ2n) is 7.41. The second kappa shape index (κ2) is 7.53. The molecule has 0 radical (unpaired) electrons. The molecule has 1 aliphatic heterocycles. The molecule has 0 amide bonds. The van der Waals surface area contributed by atoms with Gasteiger partial charge in [0.25, 0.3) is 0 Å². The van der Waals surface area contributed by atoms with Gasteiger partial charge in [-0.05, 0) is 68.6 Å². The number of piperidine rings is 1. The van der Waals surface area contributed by atoms with E-state index in [0.717, 1.165) is 47.7 Å². The number of fused-ring (bicyclic) bond motifs is 1. The molecule has 1 saturated heterocycles. The summed E-state index contributed by atoms with van der Waals surface area (Å²) in [5.41, 5.74) is 6.96. The Hall–Kier alpha value is -2.66. The Labute approximate surface area is 160 Å². The van der Waals surface area contributed by atoms with Gasteiger partial charge in [0, 0.05) is 35.4 Å². The molecule has 4 rings (SSSR count). The van der Waals surface area contributed by atoms with Gasteiger partial charge in [-0.2, -0.15) is 0 Å². The van der Waals surface area contributed by atoms with E-state index in [1.807, 2.05) is 6.20 Å². The topological polar surface area (TPSA) is 56.8 Å². The Morgan fingerprint density at radius 1 is 1.19 bits per heavy atom. The SMILES string of the molecule is CCN1CCC/C(=C\Nc2cc(C)c(-c3ccc4c(C)c[nH]c4c3)nn2)C1. The number of anilines is 1. The number of likely N-dealkylation sites (tertiary alicyclic amines) is 1. The number of rotatable bonds is 4. The Morgan fingerprint density at radius 2 is 2.07 bits per heavy atom. The molecule has 1 aliphatic rings. The molecule has 2 aromatic heterocycles. The monoisotopic (exact) mass is 361 g/mol. The van der Waals surface area contributed by atoms with E-state index in [0.29, 0.717) is 0 Å². The number of likely N-dealkylation sites (N-methyl/N-ethyl adjacent to an activating group) is 1. The molecule has 27 heavy (non-hydrogen) atoms. The van der Waals surface area contributed by atoms with Crippen LogP contribution in [0.4, 0.5) is 5.82 Å². The van der Waals surface area contributed by atoms with Gasteiger partial charge in [-0.25, -0.2) is 0 Å². The lowest BCUT2D eigenvalue weighted by Gasteiger charge is -2.27. The largest absolute Gasteiger partial charge is 0.361 e. The standard InChI is InChI=1S/C22H27N5/c1-4-27-9-5-6-17(14-27)13-24-21-10-15(2)22(26-25-21)18-7-8-19-16(3)12-23-20(19)11-18/h7-8,10-13,23H,4-6,9,14H2,1-3H3,(H,24,25)/b17-13+. The van der Waals surface area contributed by atoms with E-state index in [4.69, 9.17) is 0 Å². The Balaban J connectivity index is 1.53. The van der Waals surface area contributed by atoms with Crippen molar-refractivity contribution in [2.75, 3.05) is 25.0 Å². The Morgan fingerprint density at radius 3 is 2.89 bits per heavy atom. The molecule has 0 atom stereocenters. The van der Waals surface area contributed by atoms with Crippen LogP contribution >= 0.6 is 0 Å². The predicted octanol–water partition coefficient (Wildman–Crippen LogP) is 4.65. The van der Waals surface area contributed by atoms with Gasteiger partial charge in [-0.15, -0.1) is 10.2 Å². The third kappa shape index (κ3) is 3.74. The van der Waals surface area contributed by atoms with Crippen molar-refractivity contribution in [3.63, 3.8) is 0 Å². The molecule has 2 N–H and O–H groups in total. The maximum Gasteiger partial charge on any atom is 0.152 e. The molecule has 5 heteroatoms. The van der Waals surface area contributed by atoms with Crippen molar-refractivity contribution in [3.8, 4) is 11.3 Å². The molecule has 0 unspecified atom stereocenters. The lowest BCUT2D eigenvalue weighted by molar-refractivity contribution is 0.279. The zero-order valence-electron chi connectivity index (χ0n) is 16.3. The average Bonchev–Trinajstić information content (AvgIpc) is 3.07. The fourth-order valence-corrected chi connectivity index (χ4v) is 3.80. The molecule has 0 aliphatic carbocycles. The highest BCUT2D eigenvalue weighted by atomic mass is 15.2. The van der Waals surface area contributed by atoms with E-state index in [1.54, 1.807) is 0 Å². The fourth-order valence-electron chi connectivity index (χ4n) is 3.80. The van der Waals surface area contributed by atoms with Gasteiger partial charge in [-0.3, -0.25) is 4.90 Å². The van der Waals surface area contributed by atoms with Crippen LogP contribution in [0.5, 0.6) is 0 Å². The first-order valence-electron chi connectivity index (χ1n) is 9.73. The highest BCUT2D eigenvalue weighted by molar-refractivity contribution is 5.87. The summed E-state index contributed by atoms with van der Waals surface area (Å²) in [7, 11) is 0. The number of aryl methyl sites for hydroxylation is 2. The van der Waals surface area contributed by atoms with Crippen molar-refractivity contribution in [2.24, 2.45) is 0 Å². The van der Waals surface area contributed by atoms with Gasteiger partial charge in [-0.1, -0.05) is 19.1 Å². The summed E-state index contributed by atoms with van der Waals surface area (Å²) in [4.78, 5) is 5.79. The molecular weight excluding hydrogens is 334 g/mol.